The lowest BCUT2D eigenvalue weighted by atomic mass is 10.2. The Labute approximate surface area is 154 Å². The minimum Gasteiger partial charge on any atom is -0.319 e. The summed E-state index contributed by atoms with van der Waals surface area (Å²) in [6.45, 7) is 1.57. The van der Waals surface area contributed by atoms with Gasteiger partial charge in [0, 0.05) is 17.6 Å². The van der Waals surface area contributed by atoms with Gasteiger partial charge in [-0.05, 0) is 36.4 Å². The predicted octanol–water partition coefficient (Wildman–Crippen LogP) is 3.43. The van der Waals surface area contributed by atoms with Crippen molar-refractivity contribution in [3.8, 4) is 0 Å². The number of hydrogen-bond donors (Lipinski definition) is 0. The zero-order valence-corrected chi connectivity index (χ0v) is 16.0. The van der Waals surface area contributed by atoms with Gasteiger partial charge in [0.05, 0.1) is 20.9 Å². The van der Waals surface area contributed by atoms with Crippen LogP contribution in [0, 0.1) is 0 Å². The van der Waals surface area contributed by atoms with Crippen LogP contribution >= 0.6 is 22.9 Å². The van der Waals surface area contributed by atoms with E-state index in [1.807, 2.05) is 19.2 Å². The number of benzene rings is 2. The summed E-state index contributed by atoms with van der Waals surface area (Å²) in [5.74, 6) is -0.505. The lowest BCUT2D eigenvalue weighted by molar-refractivity contribution is 0.0997. The molecule has 2 aromatic carbocycles. The van der Waals surface area contributed by atoms with Crippen LogP contribution in [-0.2, 0) is 16.9 Å². The van der Waals surface area contributed by atoms with Crippen LogP contribution in [0.2, 0.25) is 5.02 Å². The van der Waals surface area contributed by atoms with E-state index in [1.165, 1.54) is 23.5 Å². The Hall–Kier alpha value is -1.96. The van der Waals surface area contributed by atoms with Crippen LogP contribution in [0.25, 0.3) is 10.2 Å². The molecular weight excluding hydrogens is 380 g/mol. The first kappa shape index (κ1) is 17.8. The number of halogens is 1. The Bertz CT molecular complexity index is 1140. The van der Waals surface area contributed by atoms with Crippen molar-refractivity contribution in [2.45, 2.75) is 11.8 Å². The van der Waals surface area contributed by atoms with Crippen LogP contribution in [0.4, 0.5) is 0 Å². The minimum atomic E-state index is -3.37. The summed E-state index contributed by atoms with van der Waals surface area (Å²) in [5.41, 5.74) is 1.16. The second-order valence-corrected chi connectivity index (χ2v) is 9.13. The van der Waals surface area contributed by atoms with E-state index in [9.17, 15) is 13.2 Å². The number of aromatic nitrogens is 1. The average molecular weight is 395 g/mol. The van der Waals surface area contributed by atoms with Gasteiger partial charge in [-0.25, -0.2) is 8.42 Å². The van der Waals surface area contributed by atoms with E-state index in [1.54, 1.807) is 29.7 Å². The van der Waals surface area contributed by atoms with Gasteiger partial charge in [-0.15, -0.1) is 0 Å². The molecule has 0 unspecified atom stereocenters. The fraction of sp³-hybridized carbons (Fsp3) is 0.176. The molecule has 0 aliphatic heterocycles. The quantitative estimate of drug-likeness (QED) is 0.683. The SMILES string of the molecule is CCS(=O)(=O)c1cccc(C(=O)N=c2sc3cc(Cl)ccc3n2C)c1. The standard InChI is InChI=1S/C17H15ClN2O3S2/c1-3-25(22,23)13-6-4-5-11(9-13)16(21)19-17-20(2)14-8-7-12(18)10-15(14)24-17/h4-10H,3H2,1-2H3. The topological polar surface area (TPSA) is 68.5 Å². The molecule has 0 saturated heterocycles. The van der Waals surface area contributed by atoms with Gasteiger partial charge < -0.3 is 4.57 Å². The molecule has 8 heteroatoms. The molecule has 25 heavy (non-hydrogen) atoms. The van der Waals surface area contributed by atoms with E-state index in [4.69, 9.17) is 11.6 Å². The van der Waals surface area contributed by atoms with E-state index >= 15 is 0 Å². The summed E-state index contributed by atoms with van der Waals surface area (Å²) >= 11 is 7.35. The van der Waals surface area contributed by atoms with Crippen molar-refractivity contribution in [2.24, 2.45) is 12.0 Å². The number of aryl methyl sites for hydroxylation is 1. The number of carbonyl (C=O) groups is 1. The molecule has 0 atom stereocenters. The van der Waals surface area contributed by atoms with Gasteiger partial charge in [-0.1, -0.05) is 35.9 Å². The average Bonchev–Trinajstić information content (AvgIpc) is 2.90. The first-order valence-corrected chi connectivity index (χ1v) is 10.3. The van der Waals surface area contributed by atoms with Gasteiger partial charge in [-0.3, -0.25) is 4.79 Å². The number of sulfone groups is 1. The molecule has 0 N–H and O–H groups in total. The number of rotatable bonds is 3. The zero-order chi connectivity index (χ0) is 18.2. The smallest absolute Gasteiger partial charge is 0.279 e. The molecule has 0 aliphatic rings. The van der Waals surface area contributed by atoms with Crippen LogP contribution in [0.3, 0.4) is 0 Å². The first-order chi connectivity index (χ1) is 11.8. The Morgan fingerprint density at radius 2 is 2.00 bits per heavy atom. The van der Waals surface area contributed by atoms with Crippen molar-refractivity contribution < 1.29 is 13.2 Å². The summed E-state index contributed by atoms with van der Waals surface area (Å²) in [7, 11) is -1.56. The number of carbonyl (C=O) groups excluding carboxylic acids is 1. The monoisotopic (exact) mass is 394 g/mol. The summed E-state index contributed by atoms with van der Waals surface area (Å²) < 4.78 is 26.7. The Balaban J connectivity index is 2.07. The van der Waals surface area contributed by atoms with Gasteiger partial charge in [-0.2, -0.15) is 4.99 Å². The molecule has 0 bridgehead atoms. The molecule has 130 valence electrons. The van der Waals surface area contributed by atoms with Gasteiger partial charge in [0.15, 0.2) is 14.6 Å². The third-order valence-corrected chi connectivity index (χ3v) is 6.85. The molecule has 0 saturated carbocycles. The Morgan fingerprint density at radius 3 is 2.72 bits per heavy atom. The van der Waals surface area contributed by atoms with Crippen molar-refractivity contribution in [1.82, 2.24) is 4.57 Å². The van der Waals surface area contributed by atoms with E-state index in [-0.39, 0.29) is 16.2 Å². The second-order valence-electron chi connectivity index (χ2n) is 5.40. The van der Waals surface area contributed by atoms with Crippen LogP contribution in [-0.4, -0.2) is 24.6 Å². The van der Waals surface area contributed by atoms with Crippen LogP contribution in [0.5, 0.6) is 0 Å². The van der Waals surface area contributed by atoms with E-state index in [0.29, 0.717) is 9.82 Å². The predicted molar refractivity (Wildman–Crippen MR) is 99.9 cm³/mol. The molecule has 1 heterocycles. The Morgan fingerprint density at radius 1 is 1.24 bits per heavy atom. The van der Waals surface area contributed by atoms with Crippen molar-refractivity contribution in [1.29, 1.82) is 0 Å². The maximum atomic E-state index is 12.5. The van der Waals surface area contributed by atoms with Crippen molar-refractivity contribution in [3.63, 3.8) is 0 Å². The highest BCUT2D eigenvalue weighted by Gasteiger charge is 2.14. The maximum absolute atomic E-state index is 12.5. The first-order valence-electron chi connectivity index (χ1n) is 7.49. The molecular formula is C17H15ClN2O3S2. The highest BCUT2D eigenvalue weighted by Crippen LogP contribution is 2.21. The highest BCUT2D eigenvalue weighted by molar-refractivity contribution is 7.91. The lowest BCUT2D eigenvalue weighted by Crippen LogP contribution is -2.13. The van der Waals surface area contributed by atoms with E-state index in [2.05, 4.69) is 4.99 Å². The van der Waals surface area contributed by atoms with Gasteiger partial charge in [0.2, 0.25) is 0 Å². The minimum absolute atomic E-state index is 0.0200. The fourth-order valence-corrected chi connectivity index (χ4v) is 4.57. The van der Waals surface area contributed by atoms with Crippen LogP contribution in [0.15, 0.2) is 52.4 Å². The number of nitrogens with zero attached hydrogens (tertiary/aromatic N) is 2. The van der Waals surface area contributed by atoms with Gasteiger partial charge in [0.25, 0.3) is 5.91 Å². The van der Waals surface area contributed by atoms with Crippen LogP contribution < -0.4 is 4.80 Å². The van der Waals surface area contributed by atoms with Crippen LogP contribution in [0.1, 0.15) is 17.3 Å². The molecule has 3 rings (SSSR count). The number of hydrogen-bond acceptors (Lipinski definition) is 4. The molecule has 0 fully saturated rings. The fourth-order valence-electron chi connectivity index (χ4n) is 2.36. The molecule has 1 aromatic heterocycles. The van der Waals surface area contributed by atoms with Crippen molar-refractivity contribution in [2.75, 3.05) is 5.75 Å². The molecule has 3 aromatic rings. The number of thiazole rings is 1. The molecule has 0 spiro atoms. The zero-order valence-electron chi connectivity index (χ0n) is 13.6. The lowest BCUT2D eigenvalue weighted by Gasteiger charge is -2.02. The highest BCUT2D eigenvalue weighted by atomic mass is 35.5. The van der Waals surface area contributed by atoms with Crippen molar-refractivity contribution >= 4 is 48.9 Å². The molecule has 1 amide bonds. The summed E-state index contributed by atoms with van der Waals surface area (Å²) in [4.78, 5) is 17.3. The Kier molecular flexibility index (Phi) is 4.81. The molecule has 0 radical (unpaired) electrons. The summed E-state index contributed by atoms with van der Waals surface area (Å²) in [5, 5.41) is 0.615. The normalized spacial score (nSPS) is 12.7. The third kappa shape index (κ3) is 3.53. The number of fused-ring (bicyclic) bond motifs is 1. The summed E-state index contributed by atoms with van der Waals surface area (Å²) in [6, 6.07) is 11.4. The van der Waals surface area contributed by atoms with Gasteiger partial charge >= 0.3 is 0 Å². The third-order valence-electron chi connectivity index (χ3n) is 3.79. The molecule has 0 aliphatic carbocycles. The molecule has 5 nitrogen and oxygen atoms in total. The van der Waals surface area contributed by atoms with E-state index in [0.717, 1.165) is 10.2 Å². The van der Waals surface area contributed by atoms with Crippen molar-refractivity contribution in [3.05, 3.63) is 57.9 Å². The van der Waals surface area contributed by atoms with E-state index < -0.39 is 15.7 Å². The largest absolute Gasteiger partial charge is 0.319 e. The summed E-state index contributed by atoms with van der Waals surface area (Å²) in [6.07, 6.45) is 0. The second kappa shape index (κ2) is 6.74. The number of amides is 1. The maximum Gasteiger partial charge on any atom is 0.279 e. The van der Waals surface area contributed by atoms with Gasteiger partial charge in [0.1, 0.15) is 0 Å².